The Morgan fingerprint density at radius 3 is 2.16 bits per heavy atom. The fraction of sp³-hybridized carbons (Fsp3) is 0.440. The van der Waals surface area contributed by atoms with Crippen LogP contribution in [0.15, 0.2) is 36.6 Å². The number of unbranched alkanes of at least 4 members (excludes halogenated alkanes) is 1. The van der Waals surface area contributed by atoms with Gasteiger partial charge in [-0.25, -0.2) is 13.2 Å². The van der Waals surface area contributed by atoms with E-state index in [0.717, 1.165) is 32.3 Å². The predicted octanol–water partition coefficient (Wildman–Crippen LogP) is 7.67. The van der Waals surface area contributed by atoms with Gasteiger partial charge in [0, 0.05) is 17.7 Å². The highest BCUT2D eigenvalue weighted by Gasteiger charge is 2.28. The molecule has 0 amide bonds. The van der Waals surface area contributed by atoms with Crippen molar-refractivity contribution in [2.75, 3.05) is 6.61 Å². The minimum absolute atomic E-state index is 0.118. The summed E-state index contributed by atoms with van der Waals surface area (Å²) >= 11 is 0. The van der Waals surface area contributed by atoms with Crippen molar-refractivity contribution in [3.63, 3.8) is 0 Å². The van der Waals surface area contributed by atoms with Crippen molar-refractivity contribution in [2.24, 2.45) is 0 Å². The van der Waals surface area contributed by atoms with E-state index in [1.807, 2.05) is 0 Å². The van der Waals surface area contributed by atoms with Gasteiger partial charge in [0.25, 0.3) is 0 Å². The molecule has 0 heterocycles. The van der Waals surface area contributed by atoms with E-state index < -0.39 is 23.3 Å². The molecular weight excluding hydrogens is 408 g/mol. The van der Waals surface area contributed by atoms with Crippen LogP contribution in [0.5, 0.6) is 5.75 Å². The third kappa shape index (κ3) is 5.29. The molecule has 0 N–H and O–H groups in total. The van der Waals surface area contributed by atoms with E-state index in [9.17, 15) is 17.6 Å². The van der Waals surface area contributed by atoms with Crippen LogP contribution in [0.4, 0.5) is 17.6 Å². The SMILES string of the molecule is C/C=C/Oc1ccc(-c2ccc(C3CCC(OCCCC)CC3)c(F)c2F)c(F)c1F. The summed E-state index contributed by atoms with van der Waals surface area (Å²) in [5.41, 5.74) is -0.379. The van der Waals surface area contributed by atoms with Gasteiger partial charge in [-0.2, -0.15) is 4.39 Å². The maximum Gasteiger partial charge on any atom is 0.201 e. The van der Waals surface area contributed by atoms with Crippen LogP contribution in [0.2, 0.25) is 0 Å². The Hall–Kier alpha value is -2.34. The van der Waals surface area contributed by atoms with Crippen LogP contribution in [-0.2, 0) is 4.74 Å². The average molecular weight is 436 g/mol. The van der Waals surface area contributed by atoms with E-state index in [1.54, 1.807) is 6.92 Å². The van der Waals surface area contributed by atoms with Gasteiger partial charge in [-0.15, -0.1) is 0 Å². The van der Waals surface area contributed by atoms with E-state index in [0.29, 0.717) is 12.8 Å². The van der Waals surface area contributed by atoms with E-state index in [2.05, 4.69) is 6.92 Å². The van der Waals surface area contributed by atoms with E-state index in [4.69, 9.17) is 9.47 Å². The largest absolute Gasteiger partial charge is 0.462 e. The fourth-order valence-corrected chi connectivity index (χ4v) is 3.99. The first-order chi connectivity index (χ1) is 15.0. The average Bonchev–Trinajstić information content (AvgIpc) is 2.78. The van der Waals surface area contributed by atoms with Crippen molar-refractivity contribution in [3.05, 3.63) is 65.4 Å². The highest BCUT2D eigenvalue weighted by Crippen LogP contribution is 2.39. The second kappa shape index (κ2) is 10.8. The number of allylic oxidation sites excluding steroid dienone is 1. The molecule has 0 spiro atoms. The lowest BCUT2D eigenvalue weighted by molar-refractivity contribution is 0.0230. The summed E-state index contributed by atoms with van der Waals surface area (Å²) < 4.78 is 69.4. The van der Waals surface area contributed by atoms with Gasteiger partial charge in [0.1, 0.15) is 0 Å². The second-order valence-electron chi connectivity index (χ2n) is 7.85. The molecule has 168 valence electrons. The number of hydrogen-bond acceptors (Lipinski definition) is 2. The van der Waals surface area contributed by atoms with Crippen LogP contribution in [0, 0.1) is 23.3 Å². The molecule has 2 aromatic carbocycles. The topological polar surface area (TPSA) is 18.5 Å². The third-order valence-corrected chi connectivity index (χ3v) is 5.75. The summed E-state index contributed by atoms with van der Waals surface area (Å²) in [6.45, 7) is 4.49. The maximum atomic E-state index is 14.9. The van der Waals surface area contributed by atoms with Gasteiger partial charge < -0.3 is 9.47 Å². The first kappa shape index (κ1) is 23.3. The van der Waals surface area contributed by atoms with Crippen LogP contribution < -0.4 is 4.74 Å². The Balaban J connectivity index is 1.78. The third-order valence-electron chi connectivity index (χ3n) is 5.75. The minimum atomic E-state index is -1.28. The summed E-state index contributed by atoms with van der Waals surface area (Å²) in [5.74, 6) is -5.14. The van der Waals surface area contributed by atoms with Crippen LogP contribution in [0.25, 0.3) is 11.1 Å². The monoisotopic (exact) mass is 436 g/mol. The van der Waals surface area contributed by atoms with Gasteiger partial charge in [-0.05, 0) is 62.6 Å². The second-order valence-corrected chi connectivity index (χ2v) is 7.85. The summed E-state index contributed by atoms with van der Waals surface area (Å²) in [5, 5.41) is 0. The van der Waals surface area contributed by atoms with Crippen LogP contribution in [0.1, 0.15) is 63.9 Å². The Kier molecular flexibility index (Phi) is 8.13. The maximum absolute atomic E-state index is 14.9. The smallest absolute Gasteiger partial charge is 0.201 e. The molecule has 3 rings (SSSR count). The lowest BCUT2D eigenvalue weighted by Crippen LogP contribution is -2.22. The van der Waals surface area contributed by atoms with Crippen molar-refractivity contribution < 1.29 is 27.0 Å². The van der Waals surface area contributed by atoms with Gasteiger partial charge in [-0.1, -0.05) is 31.6 Å². The van der Waals surface area contributed by atoms with Gasteiger partial charge >= 0.3 is 0 Å². The molecule has 1 aliphatic rings. The van der Waals surface area contributed by atoms with Crippen LogP contribution in [0.3, 0.4) is 0 Å². The Morgan fingerprint density at radius 1 is 0.871 bits per heavy atom. The van der Waals surface area contributed by atoms with Gasteiger partial charge in [0.05, 0.1) is 12.4 Å². The van der Waals surface area contributed by atoms with Crippen molar-refractivity contribution in [2.45, 2.75) is 64.4 Å². The minimum Gasteiger partial charge on any atom is -0.462 e. The number of ether oxygens (including phenoxy) is 2. The molecule has 1 fully saturated rings. The molecule has 0 radical (unpaired) electrons. The molecule has 0 saturated heterocycles. The number of hydrogen-bond donors (Lipinski definition) is 0. The summed E-state index contributed by atoms with van der Waals surface area (Å²) in [4.78, 5) is 0. The van der Waals surface area contributed by atoms with Crippen LogP contribution >= 0.6 is 0 Å². The van der Waals surface area contributed by atoms with Gasteiger partial charge in [0.15, 0.2) is 23.2 Å². The van der Waals surface area contributed by atoms with Crippen molar-refractivity contribution in [3.8, 4) is 16.9 Å². The molecule has 1 aliphatic carbocycles. The lowest BCUT2D eigenvalue weighted by Gasteiger charge is -2.29. The standard InChI is InChI=1S/C25H28F4O2/c1-3-5-15-30-17-8-6-16(7-9-17)18-10-11-19(23(27)22(18)26)20-12-13-21(31-14-4-2)25(29)24(20)28/h4,10-14,16-17H,3,5-9,15H2,1-2H3/b14-4+. The van der Waals surface area contributed by atoms with Crippen molar-refractivity contribution in [1.29, 1.82) is 0 Å². The molecule has 0 aliphatic heterocycles. The molecule has 0 atom stereocenters. The van der Waals surface area contributed by atoms with Crippen LogP contribution in [-0.4, -0.2) is 12.7 Å². The summed E-state index contributed by atoms with van der Waals surface area (Å²) in [6, 6.07) is 5.19. The molecule has 6 heteroatoms. The molecular formula is C25H28F4O2. The van der Waals surface area contributed by atoms with Gasteiger partial charge in [0.2, 0.25) is 5.82 Å². The summed E-state index contributed by atoms with van der Waals surface area (Å²) in [6.07, 6.45) is 7.97. The molecule has 0 unspecified atom stereocenters. The molecule has 2 nitrogen and oxygen atoms in total. The van der Waals surface area contributed by atoms with E-state index >= 15 is 0 Å². The highest BCUT2D eigenvalue weighted by atomic mass is 19.2. The zero-order chi connectivity index (χ0) is 22.4. The fourth-order valence-electron chi connectivity index (χ4n) is 3.99. The molecule has 2 aromatic rings. The highest BCUT2D eigenvalue weighted by molar-refractivity contribution is 5.66. The normalized spacial score (nSPS) is 19.2. The molecule has 1 saturated carbocycles. The Morgan fingerprint density at radius 2 is 1.52 bits per heavy atom. The predicted molar refractivity (Wildman–Crippen MR) is 113 cm³/mol. The lowest BCUT2D eigenvalue weighted by atomic mass is 9.82. The number of benzene rings is 2. The molecule has 0 bridgehead atoms. The molecule has 31 heavy (non-hydrogen) atoms. The number of halogens is 4. The first-order valence-corrected chi connectivity index (χ1v) is 10.8. The molecule has 0 aromatic heterocycles. The van der Waals surface area contributed by atoms with Gasteiger partial charge in [-0.3, -0.25) is 0 Å². The Labute approximate surface area is 180 Å². The zero-order valence-corrected chi connectivity index (χ0v) is 17.9. The quantitative estimate of drug-likeness (QED) is 0.240. The number of rotatable bonds is 8. The zero-order valence-electron chi connectivity index (χ0n) is 17.9. The van der Waals surface area contributed by atoms with Crippen molar-refractivity contribution in [1.82, 2.24) is 0 Å². The van der Waals surface area contributed by atoms with Crippen molar-refractivity contribution >= 4 is 0 Å². The first-order valence-electron chi connectivity index (χ1n) is 10.8. The summed E-state index contributed by atoms with van der Waals surface area (Å²) in [7, 11) is 0. The Bertz CT molecular complexity index is 918. The van der Waals surface area contributed by atoms with E-state index in [1.165, 1.54) is 36.6 Å². The van der Waals surface area contributed by atoms with E-state index in [-0.39, 0.29) is 34.5 Å².